The second-order valence-corrected chi connectivity index (χ2v) is 7.23. The molecule has 0 atom stereocenters. The van der Waals surface area contributed by atoms with Crippen molar-refractivity contribution in [3.05, 3.63) is 114 Å². The van der Waals surface area contributed by atoms with E-state index < -0.39 is 0 Å². The summed E-state index contributed by atoms with van der Waals surface area (Å²) in [6.07, 6.45) is 5.14. The van der Waals surface area contributed by atoms with E-state index in [-0.39, 0.29) is 11.7 Å². The SMILES string of the molecule is CN(Cc1cn(-c2ccccc2)nc1-c1ccccc1)C(=O)/C=C/c1ccc(F)cc1. The lowest BCUT2D eigenvalue weighted by Crippen LogP contribution is -2.24. The summed E-state index contributed by atoms with van der Waals surface area (Å²) in [4.78, 5) is 14.3. The van der Waals surface area contributed by atoms with Crippen LogP contribution in [0.15, 0.2) is 97.2 Å². The standard InChI is InChI=1S/C26H22FN3O/c1-29(25(31)17-14-20-12-15-23(27)16-13-20)18-22-19-30(24-10-6-3-7-11-24)28-26(22)21-8-4-2-5-9-21/h2-17,19H,18H2,1H3/b17-14+. The van der Waals surface area contributed by atoms with Crippen molar-refractivity contribution in [2.24, 2.45) is 0 Å². The molecule has 0 unspecified atom stereocenters. The number of carbonyl (C=O) groups excluding carboxylic acids is 1. The second-order valence-electron chi connectivity index (χ2n) is 7.23. The molecule has 0 saturated heterocycles. The van der Waals surface area contributed by atoms with Crippen LogP contribution in [0.5, 0.6) is 0 Å². The van der Waals surface area contributed by atoms with Crippen LogP contribution < -0.4 is 0 Å². The lowest BCUT2D eigenvalue weighted by Gasteiger charge is -2.15. The Morgan fingerprint density at radius 2 is 1.61 bits per heavy atom. The van der Waals surface area contributed by atoms with Gasteiger partial charge in [-0.2, -0.15) is 5.10 Å². The fraction of sp³-hybridized carbons (Fsp3) is 0.0769. The van der Waals surface area contributed by atoms with Crippen LogP contribution in [0.3, 0.4) is 0 Å². The molecule has 1 heterocycles. The molecule has 0 aliphatic rings. The van der Waals surface area contributed by atoms with Crippen LogP contribution in [0.25, 0.3) is 23.0 Å². The molecule has 154 valence electrons. The Morgan fingerprint density at radius 1 is 0.968 bits per heavy atom. The Morgan fingerprint density at radius 3 is 2.29 bits per heavy atom. The Labute approximate surface area is 180 Å². The molecule has 0 aliphatic carbocycles. The van der Waals surface area contributed by atoms with Gasteiger partial charge in [-0.3, -0.25) is 4.79 Å². The van der Waals surface area contributed by atoms with Crippen molar-refractivity contribution in [2.45, 2.75) is 6.54 Å². The quantitative estimate of drug-likeness (QED) is 0.401. The van der Waals surface area contributed by atoms with Gasteiger partial charge in [0.15, 0.2) is 0 Å². The Balaban J connectivity index is 1.58. The maximum atomic E-state index is 13.1. The molecular formula is C26H22FN3O. The van der Waals surface area contributed by atoms with Crippen molar-refractivity contribution >= 4 is 12.0 Å². The third-order valence-corrected chi connectivity index (χ3v) is 4.93. The van der Waals surface area contributed by atoms with Gasteiger partial charge >= 0.3 is 0 Å². The summed E-state index contributed by atoms with van der Waals surface area (Å²) in [7, 11) is 1.76. The lowest BCUT2D eigenvalue weighted by molar-refractivity contribution is -0.125. The molecule has 1 aromatic heterocycles. The molecule has 0 radical (unpaired) electrons. The minimum absolute atomic E-state index is 0.143. The van der Waals surface area contributed by atoms with E-state index in [0.717, 1.165) is 28.1 Å². The molecule has 4 aromatic rings. The fourth-order valence-corrected chi connectivity index (χ4v) is 3.28. The predicted molar refractivity (Wildman–Crippen MR) is 121 cm³/mol. The number of aromatic nitrogens is 2. The van der Waals surface area contributed by atoms with Crippen molar-refractivity contribution in [2.75, 3.05) is 7.05 Å². The summed E-state index contributed by atoms with van der Waals surface area (Å²) >= 11 is 0. The second kappa shape index (κ2) is 9.22. The summed E-state index contributed by atoms with van der Waals surface area (Å²) in [6.45, 7) is 0.406. The third-order valence-electron chi connectivity index (χ3n) is 4.93. The van der Waals surface area contributed by atoms with Crippen LogP contribution in [0, 0.1) is 5.82 Å². The van der Waals surface area contributed by atoms with Gasteiger partial charge < -0.3 is 4.90 Å². The molecule has 0 spiro atoms. The highest BCUT2D eigenvalue weighted by atomic mass is 19.1. The Kier molecular flexibility index (Phi) is 6.03. The lowest BCUT2D eigenvalue weighted by atomic mass is 10.1. The van der Waals surface area contributed by atoms with Crippen LogP contribution >= 0.6 is 0 Å². The van der Waals surface area contributed by atoms with E-state index in [0.29, 0.717) is 6.54 Å². The first-order valence-electron chi connectivity index (χ1n) is 9.98. The number of carbonyl (C=O) groups is 1. The molecular weight excluding hydrogens is 389 g/mol. The number of nitrogens with zero attached hydrogens (tertiary/aromatic N) is 3. The van der Waals surface area contributed by atoms with Gasteiger partial charge in [-0.05, 0) is 35.9 Å². The van der Waals surface area contributed by atoms with Crippen LogP contribution in [-0.4, -0.2) is 27.6 Å². The third kappa shape index (κ3) is 4.95. The van der Waals surface area contributed by atoms with Crippen molar-refractivity contribution in [3.63, 3.8) is 0 Å². The monoisotopic (exact) mass is 411 g/mol. The summed E-state index contributed by atoms with van der Waals surface area (Å²) in [5, 5.41) is 4.79. The van der Waals surface area contributed by atoms with Crippen LogP contribution in [0.4, 0.5) is 4.39 Å². The van der Waals surface area contributed by atoms with Gasteiger partial charge in [-0.25, -0.2) is 9.07 Å². The zero-order valence-electron chi connectivity index (χ0n) is 17.1. The van der Waals surface area contributed by atoms with E-state index in [1.807, 2.05) is 71.5 Å². The summed E-state index contributed by atoms with van der Waals surface area (Å²) < 4.78 is 14.9. The normalized spacial score (nSPS) is 11.0. The van der Waals surface area contributed by atoms with Gasteiger partial charge in [0.2, 0.25) is 5.91 Å². The predicted octanol–water partition coefficient (Wildman–Crippen LogP) is 5.35. The van der Waals surface area contributed by atoms with Crippen LogP contribution in [0.2, 0.25) is 0 Å². The van der Waals surface area contributed by atoms with Crippen molar-refractivity contribution in [1.29, 1.82) is 0 Å². The highest BCUT2D eigenvalue weighted by molar-refractivity contribution is 5.91. The van der Waals surface area contributed by atoms with Crippen LogP contribution in [-0.2, 0) is 11.3 Å². The number of likely N-dealkylation sites (N-methyl/N-ethyl adjacent to an activating group) is 1. The van der Waals surface area contributed by atoms with Gasteiger partial charge in [0.05, 0.1) is 11.4 Å². The van der Waals surface area contributed by atoms with Gasteiger partial charge in [-0.1, -0.05) is 60.7 Å². The first-order valence-corrected chi connectivity index (χ1v) is 9.98. The Hall–Kier alpha value is -3.99. The molecule has 5 heteroatoms. The molecule has 4 rings (SSSR count). The zero-order chi connectivity index (χ0) is 21.6. The molecule has 0 bridgehead atoms. The first kappa shape index (κ1) is 20.3. The van der Waals surface area contributed by atoms with Gasteiger partial charge in [-0.15, -0.1) is 0 Å². The highest BCUT2D eigenvalue weighted by Crippen LogP contribution is 2.24. The van der Waals surface area contributed by atoms with Gasteiger partial charge in [0, 0.05) is 37.0 Å². The molecule has 31 heavy (non-hydrogen) atoms. The van der Waals surface area contributed by atoms with Crippen molar-refractivity contribution in [3.8, 4) is 16.9 Å². The molecule has 0 aliphatic heterocycles. The fourth-order valence-electron chi connectivity index (χ4n) is 3.28. The van der Waals surface area contributed by atoms with E-state index in [1.165, 1.54) is 18.2 Å². The van der Waals surface area contributed by atoms with Crippen molar-refractivity contribution < 1.29 is 9.18 Å². The summed E-state index contributed by atoms with van der Waals surface area (Å²) in [6, 6.07) is 25.8. The van der Waals surface area contributed by atoms with Crippen molar-refractivity contribution in [1.82, 2.24) is 14.7 Å². The zero-order valence-corrected chi connectivity index (χ0v) is 17.1. The number of hydrogen-bond acceptors (Lipinski definition) is 2. The molecule has 1 amide bonds. The minimum atomic E-state index is -0.301. The number of halogens is 1. The topological polar surface area (TPSA) is 38.1 Å². The number of hydrogen-bond donors (Lipinski definition) is 0. The maximum absolute atomic E-state index is 13.1. The van der Waals surface area contributed by atoms with E-state index >= 15 is 0 Å². The van der Waals surface area contributed by atoms with Gasteiger partial charge in [0.1, 0.15) is 5.82 Å². The average Bonchev–Trinajstić information content (AvgIpc) is 3.23. The summed E-state index contributed by atoms with van der Waals surface area (Å²) in [5.74, 6) is -0.444. The van der Waals surface area contributed by atoms with E-state index in [9.17, 15) is 9.18 Å². The largest absolute Gasteiger partial charge is 0.338 e. The molecule has 0 N–H and O–H groups in total. The minimum Gasteiger partial charge on any atom is -0.338 e. The molecule has 0 fully saturated rings. The maximum Gasteiger partial charge on any atom is 0.246 e. The van der Waals surface area contributed by atoms with Crippen LogP contribution in [0.1, 0.15) is 11.1 Å². The number of para-hydroxylation sites is 1. The number of amides is 1. The number of rotatable bonds is 6. The molecule has 3 aromatic carbocycles. The Bertz CT molecular complexity index is 1180. The van der Waals surface area contributed by atoms with E-state index in [2.05, 4.69) is 0 Å². The first-order chi connectivity index (χ1) is 15.1. The van der Waals surface area contributed by atoms with E-state index in [1.54, 1.807) is 30.2 Å². The van der Waals surface area contributed by atoms with E-state index in [4.69, 9.17) is 5.10 Å². The average molecular weight is 411 g/mol. The molecule has 4 nitrogen and oxygen atoms in total. The van der Waals surface area contributed by atoms with Gasteiger partial charge in [0.25, 0.3) is 0 Å². The molecule has 0 saturated carbocycles. The summed E-state index contributed by atoms with van der Waals surface area (Å²) in [5.41, 5.74) is 4.50. The number of benzene rings is 3. The smallest absolute Gasteiger partial charge is 0.246 e. The highest BCUT2D eigenvalue weighted by Gasteiger charge is 2.15.